The van der Waals surface area contributed by atoms with E-state index < -0.39 is 41.6 Å². The van der Waals surface area contributed by atoms with Crippen LogP contribution in [-0.2, 0) is 23.9 Å². The van der Waals surface area contributed by atoms with Crippen LogP contribution < -0.4 is 5.32 Å². The van der Waals surface area contributed by atoms with Crippen molar-refractivity contribution in [3.05, 3.63) is 29.3 Å². The number of aliphatic hydroxyl groups excluding tert-OH is 1. The molecule has 3 unspecified atom stereocenters. The number of carbonyl (C=O) groups excluding carboxylic acids is 3. The standard InChI is InChI=1S/C26H35BrN2O6/c1-6-14(4)18(12-30)29-22(23(31)28-17-10-13(3)8-9-15(17)5)26-11-16(27)21(35-26)19(20(26)24(29)32)25(33)34-7-2/h8-10,14,16,18-22,30H,6-7,11-12H2,1-5H3,(H,28,31)/t14-,16?,18-,19-,20-,21-,22?,26?/m0/s1. The summed E-state index contributed by atoms with van der Waals surface area (Å²) in [5, 5.41) is 13.4. The molecule has 4 rings (SSSR count). The average molecular weight is 551 g/mol. The number of esters is 1. The molecule has 8 nitrogen and oxygen atoms in total. The smallest absolute Gasteiger partial charge is 0.312 e. The van der Waals surface area contributed by atoms with Crippen molar-refractivity contribution >= 4 is 39.4 Å². The molecule has 192 valence electrons. The van der Waals surface area contributed by atoms with Crippen LogP contribution in [0.2, 0.25) is 0 Å². The Morgan fingerprint density at radius 1 is 1.34 bits per heavy atom. The maximum Gasteiger partial charge on any atom is 0.312 e. The van der Waals surface area contributed by atoms with Crippen LogP contribution in [0.5, 0.6) is 0 Å². The second-order valence-corrected chi connectivity index (χ2v) is 11.3. The van der Waals surface area contributed by atoms with Crippen molar-refractivity contribution in [1.29, 1.82) is 0 Å². The first-order valence-electron chi connectivity index (χ1n) is 12.4. The van der Waals surface area contributed by atoms with E-state index in [0.29, 0.717) is 18.5 Å². The Morgan fingerprint density at radius 2 is 2.06 bits per heavy atom. The third kappa shape index (κ3) is 4.09. The van der Waals surface area contributed by atoms with Crippen molar-refractivity contribution < 1.29 is 29.0 Å². The molecule has 3 aliphatic rings. The molecule has 0 aliphatic carbocycles. The summed E-state index contributed by atoms with van der Waals surface area (Å²) in [4.78, 5) is 42.4. The van der Waals surface area contributed by atoms with E-state index in [9.17, 15) is 19.5 Å². The lowest BCUT2D eigenvalue weighted by molar-refractivity contribution is -0.155. The molecule has 0 saturated carbocycles. The first-order chi connectivity index (χ1) is 16.6. The zero-order chi connectivity index (χ0) is 25.7. The average Bonchev–Trinajstić information content (AvgIpc) is 3.40. The van der Waals surface area contributed by atoms with E-state index in [1.165, 1.54) is 4.90 Å². The molecule has 9 heteroatoms. The highest BCUT2D eigenvalue weighted by Crippen LogP contribution is 2.60. The van der Waals surface area contributed by atoms with Gasteiger partial charge < -0.3 is 24.8 Å². The third-order valence-corrected chi connectivity index (χ3v) is 8.88. The van der Waals surface area contributed by atoms with Gasteiger partial charge in [0.1, 0.15) is 11.6 Å². The van der Waals surface area contributed by atoms with E-state index in [1.807, 2.05) is 45.9 Å². The number of alkyl halides is 1. The number of likely N-dealkylation sites (tertiary alicyclic amines) is 1. The molecule has 3 heterocycles. The number of hydrogen-bond donors (Lipinski definition) is 2. The quantitative estimate of drug-likeness (QED) is 0.381. The minimum Gasteiger partial charge on any atom is -0.466 e. The Bertz CT molecular complexity index is 1020. The minimum atomic E-state index is -1.18. The van der Waals surface area contributed by atoms with E-state index in [0.717, 1.165) is 11.1 Å². The van der Waals surface area contributed by atoms with Gasteiger partial charge in [-0.1, -0.05) is 48.3 Å². The molecule has 8 atom stereocenters. The van der Waals surface area contributed by atoms with Crippen LogP contribution in [0, 0.1) is 31.6 Å². The van der Waals surface area contributed by atoms with Gasteiger partial charge in [-0.3, -0.25) is 14.4 Å². The summed E-state index contributed by atoms with van der Waals surface area (Å²) in [5.41, 5.74) is 1.37. The molecule has 2 bridgehead atoms. The van der Waals surface area contributed by atoms with Gasteiger partial charge in [0.25, 0.3) is 0 Å². The lowest BCUT2D eigenvalue weighted by Gasteiger charge is -2.38. The molecule has 2 N–H and O–H groups in total. The minimum absolute atomic E-state index is 0.0619. The van der Waals surface area contributed by atoms with Crippen molar-refractivity contribution in [2.24, 2.45) is 17.8 Å². The van der Waals surface area contributed by atoms with Crippen molar-refractivity contribution in [2.45, 2.75) is 76.1 Å². The van der Waals surface area contributed by atoms with Gasteiger partial charge in [0.2, 0.25) is 11.8 Å². The third-order valence-electron chi connectivity index (χ3n) is 8.03. The summed E-state index contributed by atoms with van der Waals surface area (Å²) in [6.07, 6.45) is 0.561. The van der Waals surface area contributed by atoms with Gasteiger partial charge in [0.05, 0.1) is 37.2 Å². The number of carbonyl (C=O) groups is 3. The number of ether oxygens (including phenoxy) is 2. The SMILES string of the molecule is CCOC(=O)[C@H]1[C@H]2C(=O)N([C@@H](CO)[C@@H](C)CC)C(C(=O)Nc3cc(C)ccc3C)C23CC(Br)[C@@H]1O3. The van der Waals surface area contributed by atoms with Crippen LogP contribution in [-0.4, -0.2) is 69.6 Å². The van der Waals surface area contributed by atoms with Crippen molar-refractivity contribution in [3.63, 3.8) is 0 Å². The Kier molecular flexibility index (Phi) is 7.33. The topological polar surface area (TPSA) is 105 Å². The second-order valence-electron chi connectivity index (χ2n) is 10.1. The summed E-state index contributed by atoms with van der Waals surface area (Å²) in [5.74, 6) is -2.90. The lowest BCUT2D eigenvalue weighted by Crippen LogP contribution is -2.57. The van der Waals surface area contributed by atoms with Gasteiger partial charge >= 0.3 is 5.97 Å². The predicted octanol–water partition coefficient (Wildman–Crippen LogP) is 2.96. The molecule has 3 saturated heterocycles. The zero-order valence-corrected chi connectivity index (χ0v) is 22.5. The maximum atomic E-state index is 14.0. The van der Waals surface area contributed by atoms with Crippen LogP contribution in [0.3, 0.4) is 0 Å². The number of aryl methyl sites for hydroxylation is 2. The number of halogens is 1. The molecule has 2 amide bonds. The van der Waals surface area contributed by atoms with E-state index in [1.54, 1.807) is 6.92 Å². The molecule has 1 spiro atoms. The number of fused-ring (bicyclic) bond motifs is 1. The number of hydrogen-bond acceptors (Lipinski definition) is 6. The summed E-state index contributed by atoms with van der Waals surface area (Å²) in [6.45, 7) is 9.41. The van der Waals surface area contributed by atoms with Gasteiger partial charge in [-0.2, -0.15) is 0 Å². The Labute approximate surface area is 214 Å². The number of rotatable bonds is 8. The molecule has 3 aliphatic heterocycles. The fourth-order valence-electron chi connectivity index (χ4n) is 6.12. The van der Waals surface area contributed by atoms with Gasteiger partial charge in [0.15, 0.2) is 0 Å². The summed E-state index contributed by atoms with van der Waals surface area (Å²) >= 11 is 3.64. The highest BCUT2D eigenvalue weighted by Gasteiger charge is 2.77. The van der Waals surface area contributed by atoms with Crippen LogP contribution in [0.25, 0.3) is 0 Å². The fourth-order valence-corrected chi connectivity index (χ4v) is 7.06. The second kappa shape index (κ2) is 9.82. The van der Waals surface area contributed by atoms with E-state index >= 15 is 0 Å². The highest BCUT2D eigenvalue weighted by molar-refractivity contribution is 9.09. The lowest BCUT2D eigenvalue weighted by atomic mass is 9.70. The van der Waals surface area contributed by atoms with E-state index in [2.05, 4.69) is 21.2 Å². The van der Waals surface area contributed by atoms with Crippen molar-refractivity contribution in [2.75, 3.05) is 18.5 Å². The number of aliphatic hydroxyl groups is 1. The number of nitrogens with zero attached hydrogens (tertiary/aromatic N) is 1. The first kappa shape index (κ1) is 26.1. The zero-order valence-electron chi connectivity index (χ0n) is 20.9. The van der Waals surface area contributed by atoms with Gasteiger partial charge in [0, 0.05) is 10.5 Å². The monoisotopic (exact) mass is 550 g/mol. The predicted molar refractivity (Wildman–Crippen MR) is 134 cm³/mol. The fraction of sp³-hybridized carbons (Fsp3) is 0.654. The first-order valence-corrected chi connectivity index (χ1v) is 13.3. The number of benzene rings is 1. The van der Waals surface area contributed by atoms with Crippen LogP contribution >= 0.6 is 15.9 Å². The van der Waals surface area contributed by atoms with Gasteiger partial charge in [-0.25, -0.2) is 0 Å². The number of nitrogens with one attached hydrogen (secondary N) is 1. The Morgan fingerprint density at radius 3 is 2.69 bits per heavy atom. The van der Waals surface area contributed by atoms with Crippen LogP contribution in [0.15, 0.2) is 18.2 Å². The molecule has 0 radical (unpaired) electrons. The normalized spacial score (nSPS) is 32.9. The molecule has 0 aromatic heterocycles. The van der Waals surface area contributed by atoms with Crippen molar-refractivity contribution in [3.8, 4) is 0 Å². The Hall–Kier alpha value is -1.97. The largest absolute Gasteiger partial charge is 0.466 e. The van der Waals surface area contributed by atoms with E-state index in [4.69, 9.17) is 9.47 Å². The molecular weight excluding hydrogens is 516 g/mol. The van der Waals surface area contributed by atoms with Crippen LogP contribution in [0.1, 0.15) is 44.7 Å². The number of anilines is 1. The summed E-state index contributed by atoms with van der Waals surface area (Å²) in [6, 6.07) is 4.22. The maximum absolute atomic E-state index is 14.0. The molecule has 35 heavy (non-hydrogen) atoms. The van der Waals surface area contributed by atoms with Crippen molar-refractivity contribution in [1.82, 2.24) is 4.90 Å². The highest BCUT2D eigenvalue weighted by atomic mass is 79.9. The van der Waals surface area contributed by atoms with E-state index in [-0.39, 0.29) is 35.8 Å². The Balaban J connectivity index is 1.80. The summed E-state index contributed by atoms with van der Waals surface area (Å²) in [7, 11) is 0. The summed E-state index contributed by atoms with van der Waals surface area (Å²) < 4.78 is 11.8. The molecule has 1 aromatic rings. The van der Waals surface area contributed by atoms with Gasteiger partial charge in [-0.15, -0.1) is 0 Å². The molecular formula is C26H35BrN2O6. The number of amides is 2. The molecule has 3 fully saturated rings. The molecule has 1 aromatic carbocycles. The van der Waals surface area contributed by atoms with Gasteiger partial charge in [-0.05, 0) is 50.3 Å². The van der Waals surface area contributed by atoms with Crippen LogP contribution in [0.4, 0.5) is 5.69 Å².